The summed E-state index contributed by atoms with van der Waals surface area (Å²) in [7, 11) is 1.54. The number of hydrogen-bond acceptors (Lipinski definition) is 5. The molecule has 0 bridgehead atoms. The second kappa shape index (κ2) is 6.18. The van der Waals surface area contributed by atoms with Gasteiger partial charge in [-0.15, -0.1) is 0 Å². The van der Waals surface area contributed by atoms with Crippen molar-refractivity contribution >= 4 is 17.7 Å². The van der Waals surface area contributed by atoms with Crippen molar-refractivity contribution in [2.45, 2.75) is 18.9 Å². The molecule has 1 amide bonds. The van der Waals surface area contributed by atoms with Crippen LogP contribution in [-0.2, 0) is 14.3 Å². The predicted octanol–water partition coefficient (Wildman–Crippen LogP) is 0.700. The third kappa shape index (κ3) is 3.34. The molecule has 1 fully saturated rings. The highest BCUT2D eigenvalue weighted by Crippen LogP contribution is 2.12. The Morgan fingerprint density at radius 3 is 2.55 bits per heavy atom. The summed E-state index contributed by atoms with van der Waals surface area (Å²) in [6.07, 6.45) is 0.723. The molecule has 20 heavy (non-hydrogen) atoms. The maximum atomic E-state index is 11.8. The molecule has 1 aliphatic rings. The Hall–Kier alpha value is -2.37. The summed E-state index contributed by atoms with van der Waals surface area (Å²) in [5.41, 5.74) is 0.439. The van der Waals surface area contributed by atoms with Crippen molar-refractivity contribution in [3.05, 3.63) is 29.8 Å². The molecule has 1 aromatic rings. The van der Waals surface area contributed by atoms with Crippen LogP contribution in [0.2, 0.25) is 0 Å². The predicted molar refractivity (Wildman–Crippen MR) is 69.4 cm³/mol. The Balaban J connectivity index is 1.85. The van der Waals surface area contributed by atoms with E-state index in [1.54, 1.807) is 24.3 Å². The lowest BCUT2D eigenvalue weighted by Crippen LogP contribution is -2.35. The lowest BCUT2D eigenvalue weighted by Gasteiger charge is -2.09. The molecule has 1 aliphatic heterocycles. The third-order valence-corrected chi connectivity index (χ3v) is 3.04. The van der Waals surface area contributed by atoms with Crippen LogP contribution in [0.1, 0.15) is 23.2 Å². The van der Waals surface area contributed by atoms with Crippen molar-refractivity contribution in [2.24, 2.45) is 0 Å². The minimum absolute atomic E-state index is 0.173. The Morgan fingerprint density at radius 1 is 1.30 bits per heavy atom. The van der Waals surface area contributed by atoms with Crippen LogP contribution in [0.15, 0.2) is 24.3 Å². The summed E-state index contributed by atoms with van der Waals surface area (Å²) in [6.45, 7) is -0.336. The number of Topliss-reactive ketones (excluding diaryl/α,β-unsaturated/α-hetero) is 1. The summed E-state index contributed by atoms with van der Waals surface area (Å²) < 4.78 is 9.90. The number of carbonyl (C=O) groups is 3. The fourth-order valence-electron chi connectivity index (χ4n) is 1.89. The number of hydrogen-bond donors (Lipinski definition) is 1. The number of ether oxygens (including phenoxy) is 2. The van der Waals surface area contributed by atoms with E-state index in [0.29, 0.717) is 24.2 Å². The number of amides is 1. The highest BCUT2D eigenvalue weighted by atomic mass is 16.5. The molecule has 1 aromatic carbocycles. The number of esters is 1. The van der Waals surface area contributed by atoms with Gasteiger partial charge in [-0.05, 0) is 30.7 Å². The topological polar surface area (TPSA) is 81.7 Å². The zero-order valence-electron chi connectivity index (χ0n) is 11.0. The van der Waals surface area contributed by atoms with Gasteiger partial charge in [0.2, 0.25) is 5.91 Å². The normalized spacial score (nSPS) is 17.4. The zero-order chi connectivity index (χ0) is 14.5. The molecule has 0 unspecified atom stereocenters. The molecule has 0 saturated carbocycles. The molecule has 0 radical (unpaired) electrons. The van der Waals surface area contributed by atoms with Crippen molar-refractivity contribution in [3.63, 3.8) is 0 Å². The van der Waals surface area contributed by atoms with E-state index in [2.05, 4.69) is 5.32 Å². The molecule has 0 spiro atoms. The molecule has 1 N–H and O–H groups in total. The van der Waals surface area contributed by atoms with Crippen LogP contribution in [0.5, 0.6) is 5.75 Å². The summed E-state index contributed by atoms with van der Waals surface area (Å²) in [5, 5.41) is 2.49. The van der Waals surface area contributed by atoms with Gasteiger partial charge in [0, 0.05) is 12.0 Å². The molecule has 6 nitrogen and oxygen atoms in total. The molecule has 106 valence electrons. The molecule has 0 aliphatic carbocycles. The van der Waals surface area contributed by atoms with Crippen LogP contribution in [-0.4, -0.2) is 37.4 Å². The number of rotatable bonds is 5. The van der Waals surface area contributed by atoms with Crippen LogP contribution in [0, 0.1) is 0 Å². The number of methoxy groups -OCH3 is 1. The quantitative estimate of drug-likeness (QED) is 0.633. The van der Waals surface area contributed by atoms with E-state index in [4.69, 9.17) is 9.47 Å². The third-order valence-electron chi connectivity index (χ3n) is 3.04. The second-order valence-corrected chi connectivity index (χ2v) is 4.42. The van der Waals surface area contributed by atoms with E-state index in [1.807, 2.05) is 0 Å². The maximum absolute atomic E-state index is 11.8. The van der Waals surface area contributed by atoms with Gasteiger partial charge in [-0.3, -0.25) is 9.59 Å². The van der Waals surface area contributed by atoms with Gasteiger partial charge < -0.3 is 14.8 Å². The highest BCUT2D eigenvalue weighted by Gasteiger charge is 2.28. The first-order valence-electron chi connectivity index (χ1n) is 6.23. The van der Waals surface area contributed by atoms with E-state index < -0.39 is 12.0 Å². The number of carbonyl (C=O) groups excluding carboxylic acids is 3. The van der Waals surface area contributed by atoms with Gasteiger partial charge >= 0.3 is 5.97 Å². The van der Waals surface area contributed by atoms with Gasteiger partial charge in [0.1, 0.15) is 11.8 Å². The van der Waals surface area contributed by atoms with Crippen molar-refractivity contribution in [1.29, 1.82) is 0 Å². The van der Waals surface area contributed by atoms with E-state index in [0.717, 1.165) is 0 Å². The monoisotopic (exact) mass is 277 g/mol. The molecule has 1 saturated heterocycles. The van der Waals surface area contributed by atoms with Gasteiger partial charge in [0.15, 0.2) is 12.4 Å². The molecule has 1 heterocycles. The molecule has 1 atom stereocenters. The number of nitrogens with one attached hydrogen (secondary N) is 1. The smallest absolute Gasteiger partial charge is 0.329 e. The Bertz CT molecular complexity index is 523. The van der Waals surface area contributed by atoms with E-state index in [9.17, 15) is 14.4 Å². The number of ketones is 1. The molecular formula is C14H15NO5. The van der Waals surface area contributed by atoms with Gasteiger partial charge in [-0.1, -0.05) is 0 Å². The first-order valence-corrected chi connectivity index (χ1v) is 6.23. The summed E-state index contributed by atoms with van der Waals surface area (Å²) in [5.74, 6) is -0.399. The molecular weight excluding hydrogens is 262 g/mol. The summed E-state index contributed by atoms with van der Waals surface area (Å²) in [4.78, 5) is 34.4. The van der Waals surface area contributed by atoms with Crippen LogP contribution < -0.4 is 10.1 Å². The van der Waals surface area contributed by atoms with Gasteiger partial charge in [0.25, 0.3) is 0 Å². The van der Waals surface area contributed by atoms with Crippen molar-refractivity contribution in [2.75, 3.05) is 13.7 Å². The molecule has 6 heteroatoms. The van der Waals surface area contributed by atoms with Gasteiger partial charge in [0.05, 0.1) is 7.11 Å². The van der Waals surface area contributed by atoms with Crippen LogP contribution in [0.4, 0.5) is 0 Å². The average molecular weight is 277 g/mol. The Morgan fingerprint density at radius 2 is 2.00 bits per heavy atom. The Labute approximate surface area is 116 Å². The van der Waals surface area contributed by atoms with E-state index >= 15 is 0 Å². The fraction of sp³-hybridized carbons (Fsp3) is 0.357. The van der Waals surface area contributed by atoms with Crippen LogP contribution in [0.3, 0.4) is 0 Å². The molecule has 0 aromatic heterocycles. The zero-order valence-corrected chi connectivity index (χ0v) is 11.0. The Kier molecular flexibility index (Phi) is 4.34. The van der Waals surface area contributed by atoms with Crippen molar-refractivity contribution < 1.29 is 23.9 Å². The largest absolute Gasteiger partial charge is 0.497 e. The van der Waals surface area contributed by atoms with Crippen molar-refractivity contribution in [3.8, 4) is 5.75 Å². The number of benzene rings is 1. The SMILES string of the molecule is COc1ccc(C(=O)COC(=O)[C@@H]2CCC(=O)N2)cc1. The van der Waals surface area contributed by atoms with Gasteiger partial charge in [-0.25, -0.2) is 4.79 Å². The minimum Gasteiger partial charge on any atom is -0.497 e. The summed E-state index contributed by atoms with van der Waals surface area (Å²) in [6, 6.07) is 5.89. The summed E-state index contributed by atoms with van der Waals surface area (Å²) >= 11 is 0. The highest BCUT2D eigenvalue weighted by molar-refractivity contribution is 5.98. The lowest BCUT2D eigenvalue weighted by molar-refractivity contribution is -0.145. The van der Waals surface area contributed by atoms with Crippen molar-refractivity contribution in [1.82, 2.24) is 5.32 Å². The molecule has 2 rings (SSSR count). The average Bonchev–Trinajstić information content (AvgIpc) is 2.91. The van der Waals surface area contributed by atoms with Crippen LogP contribution >= 0.6 is 0 Å². The second-order valence-electron chi connectivity index (χ2n) is 4.42. The minimum atomic E-state index is -0.633. The lowest BCUT2D eigenvalue weighted by atomic mass is 10.1. The van der Waals surface area contributed by atoms with Gasteiger partial charge in [-0.2, -0.15) is 0 Å². The maximum Gasteiger partial charge on any atom is 0.329 e. The fourth-order valence-corrected chi connectivity index (χ4v) is 1.89. The standard InChI is InChI=1S/C14H15NO5/c1-19-10-4-2-9(3-5-10)12(16)8-20-14(18)11-6-7-13(17)15-11/h2-5,11H,6-8H2,1H3,(H,15,17)/t11-/m0/s1. The van der Waals surface area contributed by atoms with E-state index in [-0.39, 0.29) is 18.3 Å². The van der Waals surface area contributed by atoms with E-state index in [1.165, 1.54) is 7.11 Å². The first-order chi connectivity index (χ1) is 9.60. The first kappa shape index (κ1) is 14.0. The van der Waals surface area contributed by atoms with Crippen LogP contribution in [0.25, 0.3) is 0 Å².